The second kappa shape index (κ2) is 5.77. The molecule has 1 N–H and O–H groups in total. The molecule has 0 aliphatic carbocycles. The number of rotatable bonds is 5. The van der Waals surface area contributed by atoms with Crippen molar-refractivity contribution in [2.45, 2.75) is 13.8 Å². The average molecular weight is 274 g/mol. The van der Waals surface area contributed by atoms with Crippen LogP contribution in [0, 0.1) is 0 Å². The van der Waals surface area contributed by atoms with Crippen molar-refractivity contribution >= 4 is 23.1 Å². The third-order valence-electron chi connectivity index (χ3n) is 3.43. The molecule has 106 valence electrons. The van der Waals surface area contributed by atoms with E-state index in [1.54, 1.807) is 30.2 Å². The molecule has 0 aliphatic heterocycles. The van der Waals surface area contributed by atoms with E-state index in [4.69, 9.17) is 4.74 Å². The molecule has 2 aromatic rings. The Hall–Kier alpha value is -2.30. The summed E-state index contributed by atoms with van der Waals surface area (Å²) in [4.78, 5) is 28.5. The molecule has 1 aromatic carbocycles. The highest BCUT2D eigenvalue weighted by Gasteiger charge is 2.21. The van der Waals surface area contributed by atoms with Crippen LogP contribution in [0.5, 0.6) is 5.75 Å². The number of methoxy groups -OCH3 is 1. The molecule has 1 amide bonds. The second-order valence-corrected chi connectivity index (χ2v) is 4.42. The van der Waals surface area contributed by atoms with Gasteiger partial charge in [0.2, 0.25) is 0 Å². The molecule has 2 rings (SSSR count). The smallest absolute Gasteiger partial charge is 0.271 e. The minimum absolute atomic E-state index is 0.160. The van der Waals surface area contributed by atoms with Gasteiger partial charge < -0.3 is 14.6 Å². The number of carbonyl (C=O) groups is 2. The van der Waals surface area contributed by atoms with Gasteiger partial charge in [0.25, 0.3) is 5.91 Å². The molecular formula is C15H18N2O3. The molecule has 0 fully saturated rings. The van der Waals surface area contributed by atoms with Crippen molar-refractivity contribution in [3.05, 3.63) is 29.5 Å². The Kier molecular flexibility index (Phi) is 4.08. The van der Waals surface area contributed by atoms with E-state index >= 15 is 0 Å². The molecule has 0 unspecified atom stereocenters. The summed E-state index contributed by atoms with van der Waals surface area (Å²) in [6.45, 7) is 5.03. The van der Waals surface area contributed by atoms with E-state index in [0.29, 0.717) is 35.5 Å². The van der Waals surface area contributed by atoms with E-state index in [9.17, 15) is 9.59 Å². The third kappa shape index (κ3) is 2.27. The van der Waals surface area contributed by atoms with Crippen LogP contribution in [-0.2, 0) is 0 Å². The number of nitrogens with one attached hydrogen (secondary N) is 1. The standard InChI is InChI=1S/C15H18N2O3/c1-4-17(5-2)15(19)14-12(9-18)11-8-10(20-3)6-7-13(11)16-14/h6-9,16H,4-5H2,1-3H3. The van der Waals surface area contributed by atoms with E-state index < -0.39 is 0 Å². The van der Waals surface area contributed by atoms with Crippen molar-refractivity contribution in [1.82, 2.24) is 9.88 Å². The summed E-state index contributed by atoms with van der Waals surface area (Å²) in [6, 6.07) is 5.35. The van der Waals surface area contributed by atoms with Crippen molar-refractivity contribution in [2.24, 2.45) is 0 Å². The summed E-state index contributed by atoms with van der Waals surface area (Å²) in [5.74, 6) is 0.494. The first-order valence-electron chi connectivity index (χ1n) is 6.60. The molecule has 5 nitrogen and oxygen atoms in total. The maximum absolute atomic E-state index is 12.4. The lowest BCUT2D eigenvalue weighted by molar-refractivity contribution is 0.0765. The molecule has 5 heteroatoms. The van der Waals surface area contributed by atoms with Crippen molar-refractivity contribution in [2.75, 3.05) is 20.2 Å². The molecule has 0 radical (unpaired) electrons. The van der Waals surface area contributed by atoms with Gasteiger partial charge in [0, 0.05) is 24.0 Å². The summed E-state index contributed by atoms with van der Waals surface area (Å²) in [5, 5.41) is 0.704. The molecule has 1 aromatic heterocycles. The largest absolute Gasteiger partial charge is 0.497 e. The Morgan fingerprint density at radius 2 is 2.05 bits per heavy atom. The van der Waals surface area contributed by atoms with Crippen LogP contribution in [0.25, 0.3) is 10.9 Å². The fraction of sp³-hybridized carbons (Fsp3) is 0.333. The van der Waals surface area contributed by atoms with Crippen LogP contribution < -0.4 is 4.74 Å². The number of amides is 1. The van der Waals surface area contributed by atoms with E-state index in [-0.39, 0.29) is 5.91 Å². The van der Waals surface area contributed by atoms with Gasteiger partial charge >= 0.3 is 0 Å². The Labute approximate surface area is 117 Å². The summed E-state index contributed by atoms with van der Waals surface area (Å²) in [6.07, 6.45) is 0.717. The lowest BCUT2D eigenvalue weighted by Gasteiger charge is -2.17. The van der Waals surface area contributed by atoms with Crippen molar-refractivity contribution in [3.8, 4) is 5.75 Å². The minimum Gasteiger partial charge on any atom is -0.497 e. The number of fused-ring (bicyclic) bond motifs is 1. The van der Waals surface area contributed by atoms with Gasteiger partial charge in [-0.2, -0.15) is 0 Å². The minimum atomic E-state index is -0.160. The topological polar surface area (TPSA) is 62.4 Å². The van der Waals surface area contributed by atoms with E-state index in [0.717, 1.165) is 11.8 Å². The van der Waals surface area contributed by atoms with Gasteiger partial charge in [-0.1, -0.05) is 0 Å². The number of aromatic nitrogens is 1. The number of aldehydes is 1. The van der Waals surface area contributed by atoms with Crippen LogP contribution in [0.2, 0.25) is 0 Å². The molecule has 0 saturated carbocycles. The normalized spacial score (nSPS) is 10.6. The van der Waals surface area contributed by atoms with Crippen LogP contribution in [-0.4, -0.2) is 42.3 Å². The third-order valence-corrected chi connectivity index (χ3v) is 3.43. The number of nitrogens with zero attached hydrogens (tertiary/aromatic N) is 1. The van der Waals surface area contributed by atoms with E-state index in [1.807, 2.05) is 13.8 Å². The fourth-order valence-electron chi connectivity index (χ4n) is 2.28. The molecular weight excluding hydrogens is 256 g/mol. The highest BCUT2D eigenvalue weighted by atomic mass is 16.5. The Morgan fingerprint density at radius 3 is 2.60 bits per heavy atom. The Balaban J connectivity index is 2.59. The van der Waals surface area contributed by atoms with Gasteiger partial charge in [-0.3, -0.25) is 9.59 Å². The summed E-state index contributed by atoms with van der Waals surface area (Å²) >= 11 is 0. The van der Waals surface area contributed by atoms with Crippen molar-refractivity contribution in [3.63, 3.8) is 0 Å². The van der Waals surface area contributed by atoms with E-state index in [2.05, 4.69) is 4.98 Å². The number of ether oxygens (including phenoxy) is 1. The molecule has 0 aliphatic rings. The number of aromatic amines is 1. The van der Waals surface area contributed by atoms with Crippen molar-refractivity contribution < 1.29 is 14.3 Å². The molecule has 20 heavy (non-hydrogen) atoms. The van der Waals surface area contributed by atoms with Gasteiger partial charge in [-0.05, 0) is 32.0 Å². The zero-order chi connectivity index (χ0) is 14.7. The number of carbonyl (C=O) groups excluding carboxylic acids is 2. The van der Waals surface area contributed by atoms with Gasteiger partial charge in [0.1, 0.15) is 11.4 Å². The number of benzene rings is 1. The Morgan fingerprint density at radius 1 is 1.35 bits per heavy atom. The fourth-order valence-corrected chi connectivity index (χ4v) is 2.28. The van der Waals surface area contributed by atoms with Crippen LogP contribution in [0.1, 0.15) is 34.7 Å². The zero-order valence-corrected chi connectivity index (χ0v) is 11.9. The highest BCUT2D eigenvalue weighted by Crippen LogP contribution is 2.26. The predicted octanol–water partition coefficient (Wildman–Crippen LogP) is 2.47. The predicted molar refractivity (Wildman–Crippen MR) is 77.5 cm³/mol. The van der Waals surface area contributed by atoms with Crippen LogP contribution >= 0.6 is 0 Å². The molecule has 0 bridgehead atoms. The zero-order valence-electron chi connectivity index (χ0n) is 11.9. The summed E-state index contributed by atoms with van der Waals surface area (Å²) < 4.78 is 5.16. The second-order valence-electron chi connectivity index (χ2n) is 4.42. The van der Waals surface area contributed by atoms with Crippen LogP contribution in [0.15, 0.2) is 18.2 Å². The monoisotopic (exact) mass is 274 g/mol. The molecule has 0 saturated heterocycles. The SMILES string of the molecule is CCN(CC)C(=O)c1[nH]c2ccc(OC)cc2c1C=O. The maximum atomic E-state index is 12.4. The summed E-state index contributed by atoms with van der Waals surface area (Å²) in [5.41, 5.74) is 1.48. The van der Waals surface area contributed by atoms with Gasteiger partial charge in [0.05, 0.1) is 12.7 Å². The highest BCUT2D eigenvalue weighted by molar-refractivity contribution is 6.09. The first-order valence-corrected chi connectivity index (χ1v) is 6.60. The quantitative estimate of drug-likeness (QED) is 0.852. The number of H-pyrrole nitrogens is 1. The Bertz CT molecular complexity index is 642. The molecule has 0 spiro atoms. The maximum Gasteiger partial charge on any atom is 0.271 e. The lowest BCUT2D eigenvalue weighted by atomic mass is 10.1. The van der Waals surface area contributed by atoms with Gasteiger partial charge in [-0.25, -0.2) is 0 Å². The number of hydrogen-bond acceptors (Lipinski definition) is 3. The first kappa shape index (κ1) is 14.1. The average Bonchev–Trinajstić information content (AvgIpc) is 2.85. The lowest BCUT2D eigenvalue weighted by Crippen LogP contribution is -2.31. The van der Waals surface area contributed by atoms with Crippen LogP contribution in [0.3, 0.4) is 0 Å². The first-order chi connectivity index (χ1) is 9.65. The van der Waals surface area contributed by atoms with E-state index in [1.165, 1.54) is 0 Å². The molecule has 0 atom stereocenters. The van der Waals surface area contributed by atoms with Gasteiger partial charge in [-0.15, -0.1) is 0 Å². The van der Waals surface area contributed by atoms with Gasteiger partial charge in [0.15, 0.2) is 6.29 Å². The summed E-state index contributed by atoms with van der Waals surface area (Å²) in [7, 11) is 1.57. The van der Waals surface area contributed by atoms with Crippen molar-refractivity contribution in [1.29, 1.82) is 0 Å². The molecule has 1 heterocycles. The van der Waals surface area contributed by atoms with Crippen LogP contribution in [0.4, 0.5) is 0 Å². The number of hydrogen-bond donors (Lipinski definition) is 1.